The Morgan fingerprint density at radius 3 is 2.53 bits per heavy atom. The van der Waals surface area contributed by atoms with E-state index in [0.29, 0.717) is 28.2 Å². The molecule has 0 aliphatic heterocycles. The van der Waals surface area contributed by atoms with Crippen LogP contribution >= 0.6 is 23.1 Å². The molecular weight excluding hydrogens is 523 g/mol. The smallest absolute Gasteiger partial charge is 0.341 e. The molecule has 0 spiro atoms. The van der Waals surface area contributed by atoms with E-state index >= 15 is 0 Å². The van der Waals surface area contributed by atoms with E-state index in [1.165, 1.54) is 47.4 Å². The van der Waals surface area contributed by atoms with Gasteiger partial charge < -0.3 is 15.4 Å². The monoisotopic (exact) mass is 554 g/mol. The van der Waals surface area contributed by atoms with Gasteiger partial charge >= 0.3 is 5.97 Å². The molecule has 9 heteroatoms. The van der Waals surface area contributed by atoms with Crippen molar-refractivity contribution in [2.75, 3.05) is 17.2 Å². The molecule has 200 valence electrons. The summed E-state index contributed by atoms with van der Waals surface area (Å²) in [5.41, 5.74) is 2.45. The molecule has 0 saturated heterocycles. The van der Waals surface area contributed by atoms with Crippen LogP contribution in [-0.4, -0.2) is 29.6 Å². The van der Waals surface area contributed by atoms with Crippen molar-refractivity contribution in [1.82, 2.24) is 0 Å². The third kappa shape index (κ3) is 6.82. The zero-order valence-corrected chi connectivity index (χ0v) is 23.1. The average molecular weight is 555 g/mol. The van der Waals surface area contributed by atoms with E-state index in [4.69, 9.17) is 4.74 Å². The zero-order chi connectivity index (χ0) is 27.1. The van der Waals surface area contributed by atoms with Gasteiger partial charge in [0.25, 0.3) is 5.91 Å². The number of halogens is 1. The third-order valence-corrected chi connectivity index (χ3v) is 8.84. The van der Waals surface area contributed by atoms with Crippen LogP contribution in [0.15, 0.2) is 53.4 Å². The summed E-state index contributed by atoms with van der Waals surface area (Å²) in [5.74, 6) is -1.31. The van der Waals surface area contributed by atoms with E-state index < -0.39 is 11.1 Å². The molecule has 4 rings (SSSR count). The van der Waals surface area contributed by atoms with E-state index in [1.54, 1.807) is 19.1 Å². The molecule has 1 aliphatic carbocycles. The average Bonchev–Trinajstić information content (AvgIpc) is 3.07. The summed E-state index contributed by atoms with van der Waals surface area (Å²) in [6.07, 6.45) is 5.52. The summed E-state index contributed by atoms with van der Waals surface area (Å²) in [6.45, 7) is 3.99. The molecule has 3 aromatic rings. The number of carbonyl (C=O) groups excluding carboxylic acids is 3. The first-order valence-electron chi connectivity index (χ1n) is 12.9. The molecule has 2 aromatic carbocycles. The van der Waals surface area contributed by atoms with Crippen molar-refractivity contribution in [2.45, 2.75) is 62.5 Å². The van der Waals surface area contributed by atoms with Crippen LogP contribution in [0.1, 0.15) is 70.7 Å². The van der Waals surface area contributed by atoms with E-state index in [0.717, 1.165) is 47.4 Å². The molecule has 2 amide bonds. The van der Waals surface area contributed by atoms with Crippen LogP contribution in [0.4, 0.5) is 15.1 Å². The number of carbonyl (C=O) groups is 3. The zero-order valence-electron chi connectivity index (χ0n) is 21.5. The van der Waals surface area contributed by atoms with Crippen molar-refractivity contribution in [3.63, 3.8) is 0 Å². The highest BCUT2D eigenvalue weighted by Gasteiger charge is 2.28. The Labute approximate surface area is 230 Å². The number of esters is 1. The number of anilines is 2. The second-order valence-corrected chi connectivity index (χ2v) is 11.4. The number of amides is 2. The maximum atomic E-state index is 13.4. The summed E-state index contributed by atoms with van der Waals surface area (Å²) in [5, 5.41) is 6.01. The highest BCUT2D eigenvalue weighted by molar-refractivity contribution is 8.00. The first kappa shape index (κ1) is 27.9. The second kappa shape index (κ2) is 13.1. The SMILES string of the molecule is CCOC(=O)c1c(NC(=O)C(CC)Sc2cccc(NC(=O)c3ccc(F)cc3)c2)sc2c1CCCCC2. The first-order chi connectivity index (χ1) is 18.4. The van der Waals surface area contributed by atoms with Crippen LogP contribution in [-0.2, 0) is 22.4 Å². The lowest BCUT2D eigenvalue weighted by Gasteiger charge is -2.16. The van der Waals surface area contributed by atoms with Gasteiger partial charge in [-0.2, -0.15) is 0 Å². The molecule has 0 saturated carbocycles. The maximum absolute atomic E-state index is 13.4. The maximum Gasteiger partial charge on any atom is 0.341 e. The lowest BCUT2D eigenvalue weighted by Crippen LogP contribution is -2.25. The number of rotatable bonds is 9. The minimum atomic E-state index is -0.407. The number of ether oxygens (including phenoxy) is 1. The number of thioether (sulfide) groups is 1. The van der Waals surface area contributed by atoms with Gasteiger partial charge in [0.1, 0.15) is 10.8 Å². The quantitative estimate of drug-likeness (QED) is 0.168. The number of benzene rings is 2. The largest absolute Gasteiger partial charge is 0.462 e. The van der Waals surface area contributed by atoms with Gasteiger partial charge in [0.15, 0.2) is 0 Å². The van der Waals surface area contributed by atoms with Gasteiger partial charge in [-0.25, -0.2) is 9.18 Å². The molecule has 0 radical (unpaired) electrons. The predicted octanol–water partition coefficient (Wildman–Crippen LogP) is 7.09. The fraction of sp³-hybridized carbons (Fsp3) is 0.345. The number of aryl methyl sites for hydroxylation is 1. The Hall–Kier alpha value is -3.17. The van der Waals surface area contributed by atoms with Crippen molar-refractivity contribution in [1.29, 1.82) is 0 Å². The predicted molar refractivity (Wildman–Crippen MR) is 151 cm³/mol. The summed E-state index contributed by atoms with van der Waals surface area (Å²) in [6, 6.07) is 12.6. The highest BCUT2D eigenvalue weighted by Crippen LogP contribution is 2.39. The van der Waals surface area contributed by atoms with Gasteiger partial charge in [-0.3, -0.25) is 9.59 Å². The summed E-state index contributed by atoms with van der Waals surface area (Å²) in [7, 11) is 0. The van der Waals surface area contributed by atoms with Crippen molar-refractivity contribution >= 4 is 51.6 Å². The lowest BCUT2D eigenvalue weighted by molar-refractivity contribution is -0.115. The van der Waals surface area contributed by atoms with Crippen molar-refractivity contribution in [3.8, 4) is 0 Å². The van der Waals surface area contributed by atoms with Crippen LogP contribution in [0.5, 0.6) is 0 Å². The van der Waals surface area contributed by atoms with Crippen molar-refractivity contribution in [3.05, 3.63) is 75.9 Å². The molecule has 0 bridgehead atoms. The standard InChI is InChI=1S/C29H31FN2O4S2/c1-3-23(37-21-10-8-9-20(17-21)31-26(33)18-13-15-19(30)16-14-18)27(34)32-28-25(29(35)36-4-2)22-11-6-5-7-12-24(22)38-28/h8-10,13-17,23H,3-7,11-12H2,1-2H3,(H,31,33)(H,32,34). The van der Waals surface area contributed by atoms with Gasteiger partial charge in [-0.15, -0.1) is 23.1 Å². The molecule has 1 heterocycles. The normalized spacial score (nSPS) is 13.7. The van der Waals surface area contributed by atoms with Crippen molar-refractivity contribution < 1.29 is 23.5 Å². The van der Waals surface area contributed by atoms with E-state index in [1.807, 2.05) is 19.1 Å². The summed E-state index contributed by atoms with van der Waals surface area (Å²) in [4.78, 5) is 40.7. The van der Waals surface area contributed by atoms with Crippen LogP contribution < -0.4 is 10.6 Å². The van der Waals surface area contributed by atoms with Crippen LogP contribution in [0.25, 0.3) is 0 Å². The number of hydrogen-bond donors (Lipinski definition) is 2. The Morgan fingerprint density at radius 2 is 1.79 bits per heavy atom. The van der Waals surface area contributed by atoms with Gasteiger partial charge in [-0.1, -0.05) is 19.4 Å². The number of thiophene rings is 1. The molecule has 1 unspecified atom stereocenters. The Morgan fingerprint density at radius 1 is 1.03 bits per heavy atom. The molecule has 0 fully saturated rings. The molecule has 38 heavy (non-hydrogen) atoms. The van der Waals surface area contributed by atoms with Gasteiger partial charge in [0, 0.05) is 21.0 Å². The van der Waals surface area contributed by atoms with Crippen LogP contribution in [0.2, 0.25) is 0 Å². The number of nitrogens with one attached hydrogen (secondary N) is 2. The number of hydrogen-bond acceptors (Lipinski definition) is 6. The summed E-state index contributed by atoms with van der Waals surface area (Å²) < 4.78 is 18.5. The van der Waals surface area contributed by atoms with E-state index in [2.05, 4.69) is 10.6 Å². The molecule has 2 N–H and O–H groups in total. The van der Waals surface area contributed by atoms with Gasteiger partial charge in [0.2, 0.25) is 5.91 Å². The summed E-state index contributed by atoms with van der Waals surface area (Å²) >= 11 is 2.88. The fourth-order valence-corrected chi connectivity index (χ4v) is 6.67. The van der Waals surface area contributed by atoms with Crippen LogP contribution in [0, 0.1) is 5.82 Å². The third-order valence-electron chi connectivity index (χ3n) is 6.28. The highest BCUT2D eigenvalue weighted by atomic mass is 32.2. The second-order valence-electron chi connectivity index (χ2n) is 8.98. The first-order valence-corrected chi connectivity index (χ1v) is 14.5. The minimum absolute atomic E-state index is 0.180. The Kier molecular flexibility index (Phi) is 9.58. The van der Waals surface area contributed by atoms with Crippen LogP contribution in [0.3, 0.4) is 0 Å². The van der Waals surface area contributed by atoms with E-state index in [9.17, 15) is 18.8 Å². The van der Waals surface area contributed by atoms with Gasteiger partial charge in [0.05, 0.1) is 17.4 Å². The van der Waals surface area contributed by atoms with Gasteiger partial charge in [-0.05, 0) is 87.1 Å². The minimum Gasteiger partial charge on any atom is -0.462 e. The topological polar surface area (TPSA) is 84.5 Å². The molecular formula is C29H31FN2O4S2. The Balaban J connectivity index is 1.48. The molecule has 1 aromatic heterocycles. The molecule has 1 atom stereocenters. The number of fused-ring (bicyclic) bond motifs is 1. The van der Waals surface area contributed by atoms with E-state index in [-0.39, 0.29) is 24.4 Å². The molecule has 1 aliphatic rings. The molecule has 6 nitrogen and oxygen atoms in total. The lowest BCUT2D eigenvalue weighted by atomic mass is 10.1. The fourth-order valence-electron chi connectivity index (χ4n) is 4.38. The van der Waals surface area contributed by atoms with Crippen molar-refractivity contribution in [2.24, 2.45) is 0 Å². The Bertz CT molecular complexity index is 1310.